The zero-order chi connectivity index (χ0) is 23.3. The summed E-state index contributed by atoms with van der Waals surface area (Å²) in [5, 5.41) is 0. The summed E-state index contributed by atoms with van der Waals surface area (Å²) < 4.78 is 59.1. The Balaban J connectivity index is 1.59. The van der Waals surface area contributed by atoms with Gasteiger partial charge in [0.25, 0.3) is 15.9 Å². The van der Waals surface area contributed by atoms with Gasteiger partial charge in [-0.1, -0.05) is 18.2 Å². The minimum Gasteiger partial charge on any atom is -0.491 e. The molecule has 9 heteroatoms. The van der Waals surface area contributed by atoms with E-state index >= 15 is 0 Å². The predicted octanol–water partition coefficient (Wildman–Crippen LogP) is 4.23. The van der Waals surface area contributed by atoms with Crippen LogP contribution in [0, 0.1) is 18.6 Å². The van der Waals surface area contributed by atoms with Crippen LogP contribution >= 0.6 is 0 Å². The number of rotatable bonds is 8. The van der Waals surface area contributed by atoms with Crippen LogP contribution in [0.2, 0.25) is 0 Å². The van der Waals surface area contributed by atoms with Gasteiger partial charge in [0.05, 0.1) is 11.4 Å². The lowest BCUT2D eigenvalue weighted by atomic mass is 10.2. The number of aryl methyl sites for hydroxylation is 1. The average molecular weight is 461 g/mol. The number of anilines is 1. The summed E-state index contributed by atoms with van der Waals surface area (Å²) in [6.45, 7) is 2.61. The van der Waals surface area contributed by atoms with E-state index in [1.165, 1.54) is 29.2 Å². The third-order valence-corrected chi connectivity index (χ3v) is 6.09. The van der Waals surface area contributed by atoms with Crippen molar-refractivity contribution in [2.24, 2.45) is 0 Å². The molecule has 0 heterocycles. The lowest BCUT2D eigenvalue weighted by Gasteiger charge is -2.18. The van der Waals surface area contributed by atoms with E-state index in [4.69, 9.17) is 4.74 Å². The Morgan fingerprint density at radius 1 is 1.00 bits per heavy atom. The van der Waals surface area contributed by atoms with E-state index in [9.17, 15) is 22.0 Å². The Morgan fingerprint density at radius 3 is 2.34 bits per heavy atom. The molecule has 0 unspecified atom stereocenters. The molecule has 0 fully saturated rings. The van der Waals surface area contributed by atoms with Gasteiger partial charge in [-0.15, -0.1) is 0 Å². The van der Waals surface area contributed by atoms with Crippen molar-refractivity contribution in [3.63, 3.8) is 0 Å². The number of sulfonamides is 1. The van der Waals surface area contributed by atoms with E-state index in [-0.39, 0.29) is 11.6 Å². The lowest BCUT2D eigenvalue weighted by Crippen LogP contribution is -2.30. The third-order valence-electron chi connectivity index (χ3n) is 4.71. The number of ether oxygens (including phenoxy) is 1. The van der Waals surface area contributed by atoms with Crippen LogP contribution < -0.4 is 9.46 Å². The van der Waals surface area contributed by atoms with Gasteiger partial charge in [0.15, 0.2) is 11.6 Å². The number of halogens is 2. The molecule has 32 heavy (non-hydrogen) atoms. The van der Waals surface area contributed by atoms with Crippen LogP contribution in [0.4, 0.5) is 14.5 Å². The molecule has 0 saturated carbocycles. The third kappa shape index (κ3) is 5.61. The molecular weight excluding hydrogens is 438 g/mol. The quantitative estimate of drug-likeness (QED) is 0.546. The molecule has 0 bridgehead atoms. The minimum atomic E-state index is -4.11. The molecule has 1 amide bonds. The summed E-state index contributed by atoms with van der Waals surface area (Å²) in [5.74, 6) is -1.90. The van der Waals surface area contributed by atoms with Crippen LogP contribution in [-0.4, -0.2) is 39.4 Å². The SMILES string of the molecule is Cc1ccccc1OCCN(C)C(=O)c1ccc(NS(=O)(=O)c2ccc(F)c(F)c2)cc1. The highest BCUT2D eigenvalue weighted by Gasteiger charge is 2.17. The van der Waals surface area contributed by atoms with E-state index in [0.29, 0.717) is 24.8 Å². The highest BCUT2D eigenvalue weighted by atomic mass is 32.2. The molecule has 6 nitrogen and oxygen atoms in total. The van der Waals surface area contributed by atoms with Crippen LogP contribution in [0.3, 0.4) is 0 Å². The van der Waals surface area contributed by atoms with Gasteiger partial charge in [0, 0.05) is 18.3 Å². The van der Waals surface area contributed by atoms with Gasteiger partial charge >= 0.3 is 0 Å². The van der Waals surface area contributed by atoms with Crippen molar-refractivity contribution in [2.75, 3.05) is 24.9 Å². The zero-order valence-electron chi connectivity index (χ0n) is 17.5. The number of para-hydroxylation sites is 1. The first-order valence-electron chi connectivity index (χ1n) is 9.69. The number of benzene rings is 3. The summed E-state index contributed by atoms with van der Waals surface area (Å²) in [7, 11) is -2.47. The van der Waals surface area contributed by atoms with Gasteiger partial charge in [0.1, 0.15) is 12.4 Å². The number of nitrogens with one attached hydrogen (secondary N) is 1. The number of hydrogen-bond donors (Lipinski definition) is 1. The predicted molar refractivity (Wildman–Crippen MR) is 117 cm³/mol. The largest absolute Gasteiger partial charge is 0.491 e. The maximum atomic E-state index is 13.4. The molecule has 3 aromatic carbocycles. The highest BCUT2D eigenvalue weighted by Crippen LogP contribution is 2.19. The summed E-state index contributed by atoms with van der Waals surface area (Å²) in [6, 6.07) is 15.7. The first kappa shape index (κ1) is 23.2. The van der Waals surface area contributed by atoms with Gasteiger partial charge in [-0.25, -0.2) is 17.2 Å². The molecule has 0 aliphatic carbocycles. The number of nitrogens with zero attached hydrogens (tertiary/aromatic N) is 1. The summed E-state index contributed by atoms with van der Waals surface area (Å²) in [5.41, 5.74) is 1.54. The summed E-state index contributed by atoms with van der Waals surface area (Å²) in [4.78, 5) is 13.7. The van der Waals surface area contributed by atoms with Gasteiger partial charge in [-0.2, -0.15) is 0 Å². The van der Waals surface area contributed by atoms with E-state index in [1.807, 2.05) is 31.2 Å². The van der Waals surface area contributed by atoms with Crippen molar-refractivity contribution in [1.29, 1.82) is 0 Å². The van der Waals surface area contributed by atoms with E-state index < -0.39 is 26.6 Å². The summed E-state index contributed by atoms with van der Waals surface area (Å²) >= 11 is 0. The maximum absolute atomic E-state index is 13.4. The Bertz CT molecular complexity index is 1210. The number of carbonyl (C=O) groups excluding carboxylic acids is 1. The molecule has 0 radical (unpaired) electrons. The second-order valence-electron chi connectivity index (χ2n) is 7.10. The summed E-state index contributed by atoms with van der Waals surface area (Å²) in [6.07, 6.45) is 0. The zero-order valence-corrected chi connectivity index (χ0v) is 18.3. The second kappa shape index (κ2) is 9.78. The van der Waals surface area contributed by atoms with Crippen LogP contribution in [-0.2, 0) is 10.0 Å². The highest BCUT2D eigenvalue weighted by molar-refractivity contribution is 7.92. The molecule has 0 spiro atoms. The van der Waals surface area contributed by atoms with Gasteiger partial charge in [0.2, 0.25) is 0 Å². The first-order valence-corrected chi connectivity index (χ1v) is 11.2. The topological polar surface area (TPSA) is 75.7 Å². The number of carbonyl (C=O) groups is 1. The molecule has 0 aliphatic heterocycles. The fraction of sp³-hybridized carbons (Fsp3) is 0.174. The molecular formula is C23H22F2N2O4S. The monoisotopic (exact) mass is 460 g/mol. The molecule has 3 aromatic rings. The maximum Gasteiger partial charge on any atom is 0.261 e. The molecule has 0 aliphatic rings. The van der Waals surface area contributed by atoms with Crippen LogP contribution in [0.15, 0.2) is 71.6 Å². The van der Waals surface area contributed by atoms with Gasteiger partial charge < -0.3 is 9.64 Å². The average Bonchev–Trinajstić information content (AvgIpc) is 2.76. The fourth-order valence-electron chi connectivity index (χ4n) is 2.87. The Kier molecular flexibility index (Phi) is 7.09. The van der Waals surface area contributed by atoms with E-state index in [0.717, 1.165) is 23.4 Å². The minimum absolute atomic E-state index is 0.178. The van der Waals surface area contributed by atoms with Gasteiger partial charge in [-0.05, 0) is 61.0 Å². The van der Waals surface area contributed by atoms with E-state index in [2.05, 4.69) is 4.72 Å². The van der Waals surface area contributed by atoms with Gasteiger partial charge in [-0.3, -0.25) is 9.52 Å². The Morgan fingerprint density at radius 2 is 1.69 bits per heavy atom. The standard InChI is InChI=1S/C23H22F2N2O4S/c1-16-5-3-4-6-22(16)31-14-13-27(2)23(28)17-7-9-18(10-8-17)26-32(29,30)19-11-12-20(24)21(25)15-19/h3-12,15,26H,13-14H2,1-2H3. The molecule has 0 saturated heterocycles. The Hall–Kier alpha value is -3.46. The number of amides is 1. The smallest absolute Gasteiger partial charge is 0.261 e. The van der Waals surface area contributed by atoms with Crippen molar-refractivity contribution in [3.8, 4) is 5.75 Å². The molecule has 3 rings (SSSR count). The van der Waals surface area contributed by atoms with Crippen molar-refractivity contribution >= 4 is 21.6 Å². The van der Waals surface area contributed by atoms with Crippen molar-refractivity contribution in [2.45, 2.75) is 11.8 Å². The second-order valence-corrected chi connectivity index (χ2v) is 8.78. The van der Waals surface area contributed by atoms with Crippen LogP contribution in [0.5, 0.6) is 5.75 Å². The molecule has 0 atom stereocenters. The van der Waals surface area contributed by atoms with E-state index in [1.54, 1.807) is 7.05 Å². The fourth-order valence-corrected chi connectivity index (χ4v) is 3.94. The van der Waals surface area contributed by atoms with Crippen LogP contribution in [0.1, 0.15) is 15.9 Å². The molecule has 0 aromatic heterocycles. The normalized spacial score (nSPS) is 11.1. The number of hydrogen-bond acceptors (Lipinski definition) is 4. The lowest BCUT2D eigenvalue weighted by molar-refractivity contribution is 0.0773. The Labute approximate surface area is 185 Å². The van der Waals surface area contributed by atoms with Crippen molar-refractivity contribution < 1.29 is 26.7 Å². The molecule has 168 valence electrons. The first-order chi connectivity index (χ1) is 15.2. The van der Waals surface area contributed by atoms with Crippen molar-refractivity contribution in [1.82, 2.24) is 4.90 Å². The van der Waals surface area contributed by atoms with Crippen molar-refractivity contribution in [3.05, 3.63) is 89.5 Å². The molecule has 1 N–H and O–H groups in total. The number of likely N-dealkylation sites (N-methyl/N-ethyl adjacent to an activating group) is 1. The van der Waals surface area contributed by atoms with Crippen LogP contribution in [0.25, 0.3) is 0 Å².